The Morgan fingerprint density at radius 3 is 2.60 bits per heavy atom. The van der Waals surface area contributed by atoms with Crippen molar-refractivity contribution in [2.45, 2.75) is 6.42 Å². The van der Waals surface area contributed by atoms with Crippen LogP contribution in [0.25, 0.3) is 0 Å². The van der Waals surface area contributed by atoms with E-state index in [1.807, 2.05) is 6.07 Å². The van der Waals surface area contributed by atoms with Crippen molar-refractivity contribution in [3.63, 3.8) is 0 Å². The van der Waals surface area contributed by atoms with Crippen LogP contribution in [0.5, 0.6) is 11.5 Å². The minimum atomic E-state index is -0.311. The molecular weight excluding hydrogens is 322 g/mol. The molecule has 0 fully saturated rings. The lowest BCUT2D eigenvalue weighted by Crippen LogP contribution is -2.14. The first-order valence-corrected chi connectivity index (χ1v) is 7.90. The first kappa shape index (κ1) is 18.5. The van der Waals surface area contributed by atoms with E-state index in [9.17, 15) is 4.79 Å². The molecule has 2 N–H and O–H groups in total. The molecule has 0 atom stereocenters. The van der Waals surface area contributed by atoms with Gasteiger partial charge in [0.1, 0.15) is 17.2 Å². The Morgan fingerprint density at radius 2 is 1.96 bits per heavy atom. The van der Waals surface area contributed by atoms with Gasteiger partial charge >= 0.3 is 0 Å². The van der Waals surface area contributed by atoms with Gasteiger partial charge in [-0.05, 0) is 30.7 Å². The standard InChI is InChI=1S/C18H23N3O4/c1-23-10-4-9-19-13-5-7-16(20-12-13)18(22)21-15-8-6-14(24-2)11-17(15)25-3/h5-8,11-12,19H,4,9-10H2,1-3H3,(H,21,22). The number of ether oxygens (including phenoxy) is 3. The first-order chi connectivity index (χ1) is 12.2. The molecule has 0 aliphatic heterocycles. The molecule has 0 aliphatic carbocycles. The average Bonchev–Trinajstić information content (AvgIpc) is 2.66. The minimum absolute atomic E-state index is 0.311. The topological polar surface area (TPSA) is 81.7 Å². The summed E-state index contributed by atoms with van der Waals surface area (Å²) < 4.78 is 15.4. The van der Waals surface area contributed by atoms with Crippen LogP contribution in [0.2, 0.25) is 0 Å². The number of pyridine rings is 1. The fraction of sp³-hybridized carbons (Fsp3) is 0.333. The third kappa shape index (κ3) is 5.36. The molecule has 0 saturated carbocycles. The average molecular weight is 345 g/mol. The zero-order valence-electron chi connectivity index (χ0n) is 14.7. The van der Waals surface area contributed by atoms with Crippen LogP contribution in [0, 0.1) is 0 Å². The fourth-order valence-electron chi connectivity index (χ4n) is 2.17. The lowest BCUT2D eigenvalue weighted by atomic mass is 10.2. The first-order valence-electron chi connectivity index (χ1n) is 7.90. The molecule has 134 valence electrons. The number of amides is 1. The van der Waals surface area contributed by atoms with Gasteiger partial charge in [0.25, 0.3) is 5.91 Å². The van der Waals surface area contributed by atoms with E-state index in [1.54, 1.807) is 44.7 Å². The highest BCUT2D eigenvalue weighted by molar-refractivity contribution is 6.03. The number of hydrogen-bond acceptors (Lipinski definition) is 6. The van der Waals surface area contributed by atoms with Gasteiger partial charge in [-0.1, -0.05) is 0 Å². The van der Waals surface area contributed by atoms with Crippen molar-refractivity contribution < 1.29 is 19.0 Å². The molecular formula is C18H23N3O4. The predicted molar refractivity (Wildman–Crippen MR) is 96.7 cm³/mol. The van der Waals surface area contributed by atoms with E-state index in [-0.39, 0.29) is 5.91 Å². The molecule has 0 saturated heterocycles. The molecule has 25 heavy (non-hydrogen) atoms. The van der Waals surface area contributed by atoms with Crippen molar-refractivity contribution in [1.82, 2.24) is 4.98 Å². The Bertz CT molecular complexity index is 689. The summed E-state index contributed by atoms with van der Waals surface area (Å²) in [6, 6.07) is 8.67. The fourth-order valence-corrected chi connectivity index (χ4v) is 2.17. The SMILES string of the molecule is COCCCNc1ccc(C(=O)Nc2ccc(OC)cc2OC)nc1. The van der Waals surface area contributed by atoms with E-state index >= 15 is 0 Å². The Hall–Kier alpha value is -2.80. The second-order valence-corrected chi connectivity index (χ2v) is 5.23. The molecule has 1 aromatic carbocycles. The third-order valence-corrected chi connectivity index (χ3v) is 3.51. The Balaban J connectivity index is 1.99. The number of aromatic nitrogens is 1. The Labute approximate surface area is 147 Å². The highest BCUT2D eigenvalue weighted by Gasteiger charge is 2.12. The summed E-state index contributed by atoms with van der Waals surface area (Å²) in [6.07, 6.45) is 2.53. The number of carbonyl (C=O) groups excluding carboxylic acids is 1. The summed E-state index contributed by atoms with van der Waals surface area (Å²) in [5, 5.41) is 6.01. The molecule has 0 spiro atoms. The van der Waals surface area contributed by atoms with Gasteiger partial charge in [0, 0.05) is 26.3 Å². The maximum Gasteiger partial charge on any atom is 0.274 e. The van der Waals surface area contributed by atoms with Crippen molar-refractivity contribution in [2.75, 3.05) is 45.1 Å². The highest BCUT2D eigenvalue weighted by Crippen LogP contribution is 2.29. The summed E-state index contributed by atoms with van der Waals surface area (Å²) in [6.45, 7) is 1.48. The quantitative estimate of drug-likeness (QED) is 0.680. The van der Waals surface area contributed by atoms with Crippen molar-refractivity contribution in [3.8, 4) is 11.5 Å². The summed E-state index contributed by atoms with van der Waals surface area (Å²) in [5.41, 5.74) is 1.73. The van der Waals surface area contributed by atoms with Gasteiger partial charge in [0.05, 0.1) is 31.8 Å². The summed E-state index contributed by atoms with van der Waals surface area (Å²) in [5.74, 6) is 0.857. The van der Waals surface area contributed by atoms with Crippen LogP contribution in [0.1, 0.15) is 16.9 Å². The smallest absolute Gasteiger partial charge is 0.274 e. The van der Waals surface area contributed by atoms with Crippen molar-refractivity contribution in [3.05, 3.63) is 42.2 Å². The van der Waals surface area contributed by atoms with Gasteiger partial charge < -0.3 is 24.8 Å². The third-order valence-electron chi connectivity index (χ3n) is 3.51. The molecule has 1 amide bonds. The second kappa shape index (κ2) is 9.48. The number of methoxy groups -OCH3 is 3. The molecule has 2 rings (SSSR count). The summed E-state index contributed by atoms with van der Waals surface area (Å²) >= 11 is 0. The molecule has 0 bridgehead atoms. The monoisotopic (exact) mass is 345 g/mol. The molecule has 0 aliphatic rings. The second-order valence-electron chi connectivity index (χ2n) is 5.23. The van der Waals surface area contributed by atoms with Crippen molar-refractivity contribution >= 4 is 17.3 Å². The molecule has 1 heterocycles. The number of nitrogens with zero attached hydrogens (tertiary/aromatic N) is 1. The normalized spacial score (nSPS) is 10.2. The van der Waals surface area contributed by atoms with E-state index in [0.29, 0.717) is 29.5 Å². The number of benzene rings is 1. The van der Waals surface area contributed by atoms with Crippen LogP contribution in [-0.2, 0) is 4.74 Å². The molecule has 7 nitrogen and oxygen atoms in total. The van der Waals surface area contributed by atoms with E-state index in [0.717, 1.165) is 18.7 Å². The summed E-state index contributed by atoms with van der Waals surface area (Å²) in [4.78, 5) is 16.5. The van der Waals surface area contributed by atoms with Gasteiger partial charge in [-0.25, -0.2) is 4.98 Å². The lowest BCUT2D eigenvalue weighted by molar-refractivity contribution is 0.102. The maximum absolute atomic E-state index is 12.3. The van der Waals surface area contributed by atoms with Crippen molar-refractivity contribution in [1.29, 1.82) is 0 Å². The Kier molecular flexibility index (Phi) is 7.03. The predicted octanol–water partition coefficient (Wildman–Crippen LogP) is 2.80. The van der Waals surface area contributed by atoms with E-state index in [2.05, 4.69) is 15.6 Å². The minimum Gasteiger partial charge on any atom is -0.497 e. The van der Waals surface area contributed by atoms with Gasteiger partial charge in [0.2, 0.25) is 0 Å². The zero-order chi connectivity index (χ0) is 18.1. The molecule has 2 aromatic rings. The molecule has 1 aromatic heterocycles. The molecule has 0 radical (unpaired) electrons. The number of rotatable bonds is 9. The zero-order valence-corrected chi connectivity index (χ0v) is 14.7. The number of carbonyl (C=O) groups is 1. The number of nitrogens with one attached hydrogen (secondary N) is 2. The van der Waals surface area contributed by atoms with Crippen LogP contribution in [0.3, 0.4) is 0 Å². The highest BCUT2D eigenvalue weighted by atomic mass is 16.5. The van der Waals surface area contributed by atoms with E-state index in [4.69, 9.17) is 14.2 Å². The van der Waals surface area contributed by atoms with Crippen LogP contribution >= 0.6 is 0 Å². The number of hydrogen-bond donors (Lipinski definition) is 2. The van der Waals surface area contributed by atoms with Gasteiger partial charge in [-0.15, -0.1) is 0 Å². The van der Waals surface area contributed by atoms with E-state index in [1.165, 1.54) is 7.11 Å². The molecule has 0 unspecified atom stereocenters. The Morgan fingerprint density at radius 1 is 1.12 bits per heavy atom. The molecule has 7 heteroatoms. The van der Waals surface area contributed by atoms with Crippen LogP contribution in [0.4, 0.5) is 11.4 Å². The van der Waals surface area contributed by atoms with Gasteiger partial charge in [-0.2, -0.15) is 0 Å². The van der Waals surface area contributed by atoms with Gasteiger partial charge in [0.15, 0.2) is 0 Å². The lowest BCUT2D eigenvalue weighted by Gasteiger charge is -2.11. The number of anilines is 2. The summed E-state index contributed by atoms with van der Waals surface area (Å²) in [7, 11) is 4.78. The van der Waals surface area contributed by atoms with Crippen LogP contribution in [0.15, 0.2) is 36.5 Å². The maximum atomic E-state index is 12.3. The van der Waals surface area contributed by atoms with E-state index < -0.39 is 0 Å². The van der Waals surface area contributed by atoms with Gasteiger partial charge in [-0.3, -0.25) is 4.79 Å². The van der Waals surface area contributed by atoms with Crippen LogP contribution in [-0.4, -0.2) is 45.4 Å². The van der Waals surface area contributed by atoms with Crippen LogP contribution < -0.4 is 20.1 Å². The largest absolute Gasteiger partial charge is 0.497 e. The van der Waals surface area contributed by atoms with Crippen molar-refractivity contribution in [2.24, 2.45) is 0 Å².